The van der Waals surface area contributed by atoms with Gasteiger partial charge in [-0.2, -0.15) is 0 Å². The fourth-order valence-electron chi connectivity index (χ4n) is 4.15. The summed E-state index contributed by atoms with van der Waals surface area (Å²) in [5.41, 5.74) is 2.90. The van der Waals surface area contributed by atoms with E-state index in [4.69, 9.17) is 0 Å². The van der Waals surface area contributed by atoms with Crippen LogP contribution in [-0.4, -0.2) is 57.0 Å². The van der Waals surface area contributed by atoms with E-state index in [9.17, 15) is 24.6 Å². The quantitative estimate of drug-likeness (QED) is 0.553. The van der Waals surface area contributed by atoms with Crippen LogP contribution >= 0.6 is 0 Å². The van der Waals surface area contributed by atoms with Gasteiger partial charge in [0, 0.05) is 13.0 Å². The summed E-state index contributed by atoms with van der Waals surface area (Å²) in [6.07, 6.45) is 0.0938. The maximum absolute atomic E-state index is 13.3. The zero-order valence-corrected chi connectivity index (χ0v) is 18.4. The summed E-state index contributed by atoms with van der Waals surface area (Å²) < 4.78 is 0. The molecule has 1 aliphatic heterocycles. The molecule has 0 saturated heterocycles. The minimum Gasteiger partial charge on any atom is -0.480 e. The molecule has 170 valence electrons. The van der Waals surface area contributed by atoms with Crippen molar-refractivity contribution in [1.82, 2.24) is 10.2 Å². The number of aliphatic hydroxyl groups excluding tert-OH is 1. The number of amides is 1. The highest BCUT2D eigenvalue weighted by molar-refractivity contribution is 5.90. The van der Waals surface area contributed by atoms with Gasteiger partial charge in [-0.05, 0) is 43.4 Å². The Bertz CT molecular complexity index is 960. The molecule has 0 radical (unpaired) electrons. The van der Waals surface area contributed by atoms with Crippen LogP contribution in [0.3, 0.4) is 0 Å². The summed E-state index contributed by atoms with van der Waals surface area (Å²) in [7, 11) is 0. The molecule has 1 amide bonds. The van der Waals surface area contributed by atoms with Crippen molar-refractivity contribution in [2.24, 2.45) is 0 Å². The molecule has 0 fully saturated rings. The number of Topliss-reactive ketones (excluding diaryl/α,β-unsaturated/α-hetero) is 1. The molecule has 7 heteroatoms. The predicted octanol–water partition coefficient (Wildman–Crippen LogP) is 1.95. The lowest BCUT2D eigenvalue weighted by atomic mass is 9.93. The number of fused-ring (bicyclic) bond motifs is 1. The number of aliphatic carboxylic acids is 1. The van der Waals surface area contributed by atoms with Crippen LogP contribution in [0.4, 0.5) is 0 Å². The molecule has 0 saturated carbocycles. The molecule has 3 rings (SSSR count). The standard InChI is InChI=1S/C25H30N2O5/c1-16(26-21(23(29)17(2)28)13-12-18-8-4-3-5-9-18)24(30)27-15-20-11-7-6-10-19(20)14-22(27)25(31)32/h3-11,16-17,21-22,26,28H,12-15H2,1-2H3,(H,31,32)/t16-,17?,21-,22-/m0/s1. The number of ketones is 1. The molecule has 0 spiro atoms. The number of carboxylic acid groups (broad SMARTS) is 1. The van der Waals surface area contributed by atoms with Gasteiger partial charge in [-0.15, -0.1) is 0 Å². The summed E-state index contributed by atoms with van der Waals surface area (Å²) >= 11 is 0. The van der Waals surface area contributed by atoms with Gasteiger partial charge < -0.3 is 15.1 Å². The van der Waals surface area contributed by atoms with Crippen molar-refractivity contribution in [2.75, 3.05) is 0 Å². The first-order valence-electron chi connectivity index (χ1n) is 10.9. The summed E-state index contributed by atoms with van der Waals surface area (Å²) in [5.74, 6) is -1.82. The fraction of sp³-hybridized carbons (Fsp3) is 0.400. The second-order valence-corrected chi connectivity index (χ2v) is 8.34. The van der Waals surface area contributed by atoms with Crippen molar-refractivity contribution < 1.29 is 24.6 Å². The number of rotatable bonds is 9. The van der Waals surface area contributed by atoms with Crippen molar-refractivity contribution in [3.8, 4) is 0 Å². The van der Waals surface area contributed by atoms with Crippen LogP contribution in [0.25, 0.3) is 0 Å². The van der Waals surface area contributed by atoms with E-state index in [1.165, 1.54) is 11.8 Å². The number of aliphatic hydroxyl groups is 1. The average molecular weight is 439 g/mol. The predicted molar refractivity (Wildman–Crippen MR) is 120 cm³/mol. The number of hydrogen-bond donors (Lipinski definition) is 3. The first kappa shape index (κ1) is 23.6. The zero-order valence-electron chi connectivity index (χ0n) is 18.4. The fourth-order valence-corrected chi connectivity index (χ4v) is 4.15. The minimum absolute atomic E-state index is 0.205. The average Bonchev–Trinajstić information content (AvgIpc) is 2.80. The molecule has 4 atom stereocenters. The Balaban J connectivity index is 1.74. The van der Waals surface area contributed by atoms with Crippen molar-refractivity contribution in [3.63, 3.8) is 0 Å². The van der Waals surface area contributed by atoms with Crippen LogP contribution < -0.4 is 5.32 Å². The second-order valence-electron chi connectivity index (χ2n) is 8.34. The Labute approximate surface area is 188 Å². The molecule has 7 nitrogen and oxygen atoms in total. The maximum atomic E-state index is 13.3. The number of nitrogens with one attached hydrogen (secondary N) is 1. The maximum Gasteiger partial charge on any atom is 0.326 e. The van der Waals surface area contributed by atoms with Gasteiger partial charge in [-0.3, -0.25) is 14.9 Å². The lowest BCUT2D eigenvalue weighted by molar-refractivity contribution is -0.152. The Kier molecular flexibility index (Phi) is 7.77. The monoisotopic (exact) mass is 438 g/mol. The van der Waals surface area contributed by atoms with Gasteiger partial charge in [0.15, 0.2) is 5.78 Å². The lowest BCUT2D eigenvalue weighted by Gasteiger charge is -2.36. The summed E-state index contributed by atoms with van der Waals surface area (Å²) in [5, 5.41) is 22.6. The van der Waals surface area contributed by atoms with E-state index >= 15 is 0 Å². The summed E-state index contributed by atoms with van der Waals surface area (Å²) in [6.45, 7) is 3.25. The molecule has 3 N–H and O–H groups in total. The third-order valence-electron chi connectivity index (χ3n) is 5.96. The van der Waals surface area contributed by atoms with Gasteiger partial charge >= 0.3 is 5.97 Å². The largest absolute Gasteiger partial charge is 0.480 e. The Morgan fingerprint density at radius 3 is 2.28 bits per heavy atom. The van der Waals surface area contributed by atoms with Crippen LogP contribution in [0.5, 0.6) is 0 Å². The number of carboxylic acids is 1. The van der Waals surface area contributed by atoms with Crippen molar-refractivity contribution >= 4 is 17.7 Å². The van der Waals surface area contributed by atoms with Crippen molar-refractivity contribution in [3.05, 3.63) is 71.3 Å². The van der Waals surface area contributed by atoms with E-state index in [0.29, 0.717) is 12.8 Å². The molecular weight excluding hydrogens is 408 g/mol. The number of nitrogens with zero attached hydrogens (tertiary/aromatic N) is 1. The van der Waals surface area contributed by atoms with Crippen LogP contribution in [0.2, 0.25) is 0 Å². The van der Waals surface area contributed by atoms with Gasteiger partial charge in [-0.1, -0.05) is 54.6 Å². The molecule has 32 heavy (non-hydrogen) atoms. The molecule has 2 aromatic rings. The van der Waals surface area contributed by atoms with Gasteiger partial charge in [0.2, 0.25) is 5.91 Å². The third kappa shape index (κ3) is 5.60. The van der Waals surface area contributed by atoms with E-state index in [2.05, 4.69) is 5.32 Å². The van der Waals surface area contributed by atoms with E-state index in [1.54, 1.807) is 6.92 Å². The van der Waals surface area contributed by atoms with E-state index < -0.39 is 30.2 Å². The number of aryl methyl sites for hydroxylation is 1. The molecule has 0 aromatic heterocycles. The first-order chi connectivity index (χ1) is 15.3. The van der Waals surface area contributed by atoms with Crippen LogP contribution in [0, 0.1) is 0 Å². The molecule has 0 bridgehead atoms. The van der Waals surface area contributed by atoms with Crippen molar-refractivity contribution in [1.29, 1.82) is 0 Å². The highest BCUT2D eigenvalue weighted by atomic mass is 16.4. The number of carbonyl (C=O) groups excluding carboxylic acids is 2. The third-order valence-corrected chi connectivity index (χ3v) is 5.96. The first-order valence-corrected chi connectivity index (χ1v) is 10.9. The van der Waals surface area contributed by atoms with E-state index in [0.717, 1.165) is 16.7 Å². The summed E-state index contributed by atoms with van der Waals surface area (Å²) in [6, 6.07) is 14.7. The highest BCUT2D eigenvalue weighted by Crippen LogP contribution is 2.24. The minimum atomic E-state index is -1.17. The molecule has 1 aliphatic rings. The van der Waals surface area contributed by atoms with E-state index in [-0.39, 0.29) is 24.7 Å². The molecular formula is C25H30N2O5. The molecule has 0 aliphatic carbocycles. The topological polar surface area (TPSA) is 107 Å². The Morgan fingerprint density at radius 1 is 1.03 bits per heavy atom. The van der Waals surface area contributed by atoms with E-state index in [1.807, 2.05) is 54.6 Å². The number of benzene rings is 2. The van der Waals surface area contributed by atoms with Gasteiger partial charge in [0.05, 0.1) is 12.1 Å². The van der Waals surface area contributed by atoms with Gasteiger partial charge in [0.1, 0.15) is 12.1 Å². The zero-order chi connectivity index (χ0) is 23.3. The van der Waals surface area contributed by atoms with Gasteiger partial charge in [-0.25, -0.2) is 4.79 Å². The molecule has 1 unspecified atom stereocenters. The molecule has 1 heterocycles. The Hall–Kier alpha value is -3.03. The normalized spacial score (nSPS) is 18.3. The highest BCUT2D eigenvalue weighted by Gasteiger charge is 2.37. The smallest absolute Gasteiger partial charge is 0.326 e. The number of carbonyl (C=O) groups is 3. The lowest BCUT2D eigenvalue weighted by Crippen LogP contribution is -2.57. The second kappa shape index (κ2) is 10.5. The van der Waals surface area contributed by atoms with Crippen molar-refractivity contribution in [2.45, 2.75) is 63.9 Å². The Morgan fingerprint density at radius 2 is 1.66 bits per heavy atom. The number of hydrogen-bond acceptors (Lipinski definition) is 5. The SMILES string of the molecule is CC(O)C(=O)[C@H](CCc1ccccc1)N[C@@H](C)C(=O)N1Cc2ccccc2C[C@H]1C(=O)O. The van der Waals surface area contributed by atoms with Crippen LogP contribution in [-0.2, 0) is 33.8 Å². The van der Waals surface area contributed by atoms with Gasteiger partial charge in [0.25, 0.3) is 0 Å². The van der Waals surface area contributed by atoms with Crippen LogP contribution in [0.15, 0.2) is 54.6 Å². The van der Waals surface area contributed by atoms with Crippen LogP contribution in [0.1, 0.15) is 37.0 Å². The molecule has 2 aromatic carbocycles. The summed E-state index contributed by atoms with van der Waals surface area (Å²) in [4.78, 5) is 39.1.